The van der Waals surface area contributed by atoms with E-state index in [1.165, 1.54) is 27.7 Å². The van der Waals surface area contributed by atoms with Crippen molar-refractivity contribution >= 4 is 17.9 Å². The number of ether oxygens (including phenoxy) is 3. The van der Waals surface area contributed by atoms with Gasteiger partial charge in [-0.25, -0.2) is 0 Å². The molecule has 0 saturated heterocycles. The Labute approximate surface area is 160 Å². The number of halogens is 3. The summed E-state index contributed by atoms with van der Waals surface area (Å²) >= 11 is 0. The molecule has 0 heterocycles. The quantitative estimate of drug-likeness (QED) is 0.375. The molecule has 0 saturated carbocycles. The maximum Gasteiger partial charge on any atom is 0.416 e. The molecule has 0 aliphatic heterocycles. The van der Waals surface area contributed by atoms with Gasteiger partial charge >= 0.3 is 24.1 Å². The van der Waals surface area contributed by atoms with Gasteiger partial charge in [0.1, 0.15) is 0 Å². The Morgan fingerprint density at radius 2 is 1.18 bits per heavy atom. The molecule has 0 radical (unpaired) electrons. The van der Waals surface area contributed by atoms with E-state index in [1.54, 1.807) is 0 Å². The van der Waals surface area contributed by atoms with E-state index in [0.29, 0.717) is 0 Å². The van der Waals surface area contributed by atoms with Crippen LogP contribution < -0.4 is 0 Å². The summed E-state index contributed by atoms with van der Waals surface area (Å²) in [5.41, 5.74) is -3.26. The second-order valence-electron chi connectivity index (χ2n) is 5.81. The summed E-state index contributed by atoms with van der Waals surface area (Å²) < 4.78 is 53.3. The van der Waals surface area contributed by atoms with Crippen molar-refractivity contribution in [2.24, 2.45) is 5.41 Å². The number of carbonyl (C=O) groups is 3. The number of hydrogen-bond donors (Lipinski definition) is 0. The highest BCUT2D eigenvalue weighted by molar-refractivity contribution is 6.19. The van der Waals surface area contributed by atoms with Crippen LogP contribution in [0, 0.1) is 5.41 Å². The van der Waals surface area contributed by atoms with E-state index in [0.717, 1.165) is 24.3 Å². The molecule has 28 heavy (non-hydrogen) atoms. The summed E-state index contributed by atoms with van der Waals surface area (Å²) in [4.78, 5) is 38.2. The summed E-state index contributed by atoms with van der Waals surface area (Å²) in [5, 5.41) is 0. The van der Waals surface area contributed by atoms with Gasteiger partial charge in [0.2, 0.25) is 0 Å². The van der Waals surface area contributed by atoms with Gasteiger partial charge in [0.25, 0.3) is 5.41 Å². The fourth-order valence-corrected chi connectivity index (χ4v) is 2.73. The van der Waals surface area contributed by atoms with Crippen LogP contribution in [0.15, 0.2) is 24.3 Å². The van der Waals surface area contributed by atoms with Crippen molar-refractivity contribution in [3.63, 3.8) is 0 Å². The van der Waals surface area contributed by atoms with Crippen molar-refractivity contribution in [1.82, 2.24) is 0 Å². The third-order valence-corrected chi connectivity index (χ3v) is 4.18. The van der Waals surface area contributed by atoms with E-state index in [4.69, 9.17) is 14.2 Å². The van der Waals surface area contributed by atoms with E-state index in [2.05, 4.69) is 0 Å². The molecule has 0 aliphatic carbocycles. The largest absolute Gasteiger partial charge is 0.465 e. The highest BCUT2D eigenvalue weighted by Gasteiger charge is 2.61. The van der Waals surface area contributed by atoms with Crippen molar-refractivity contribution < 1.29 is 41.8 Å². The minimum atomic E-state index is -4.55. The number of hydrogen-bond acceptors (Lipinski definition) is 6. The summed E-state index contributed by atoms with van der Waals surface area (Å²) in [6, 6.07) is 3.80. The molecule has 0 aliphatic rings. The molecule has 0 bridgehead atoms. The van der Waals surface area contributed by atoms with Crippen LogP contribution in [0.25, 0.3) is 0 Å². The molecule has 0 amide bonds. The summed E-state index contributed by atoms with van der Waals surface area (Å²) in [5.74, 6) is -4.75. The SMILES string of the molecule is CCOC(=O)C(C(=O)OCC)(C(=O)OCC)C(C)c1ccc(C(F)(F)F)cc1. The Morgan fingerprint density at radius 3 is 1.46 bits per heavy atom. The average Bonchev–Trinajstić information content (AvgIpc) is 2.62. The first kappa shape index (κ1) is 23.5. The van der Waals surface area contributed by atoms with Crippen LogP contribution in [0.3, 0.4) is 0 Å². The van der Waals surface area contributed by atoms with Crippen LogP contribution in [0.5, 0.6) is 0 Å². The van der Waals surface area contributed by atoms with E-state index in [-0.39, 0.29) is 25.4 Å². The number of esters is 3. The molecule has 6 nitrogen and oxygen atoms in total. The first-order chi connectivity index (χ1) is 13.1. The van der Waals surface area contributed by atoms with Gasteiger partial charge in [0.05, 0.1) is 25.4 Å². The zero-order valence-corrected chi connectivity index (χ0v) is 16.1. The number of carbonyl (C=O) groups excluding carboxylic acids is 3. The Hall–Kier alpha value is -2.58. The standard InChI is InChI=1S/C19H23F3O6/c1-5-26-15(23)18(16(24)27-6-2,17(25)28-7-3)12(4)13-8-10-14(11-9-13)19(20,21)22/h8-12H,5-7H2,1-4H3. The molecule has 0 N–H and O–H groups in total. The molecular weight excluding hydrogens is 381 g/mol. The topological polar surface area (TPSA) is 78.9 Å². The van der Waals surface area contributed by atoms with Crippen LogP contribution in [0.1, 0.15) is 44.7 Å². The highest BCUT2D eigenvalue weighted by atomic mass is 19.4. The van der Waals surface area contributed by atoms with Crippen LogP contribution in [0.2, 0.25) is 0 Å². The zero-order valence-electron chi connectivity index (χ0n) is 16.1. The Morgan fingerprint density at radius 1 is 0.821 bits per heavy atom. The molecule has 1 unspecified atom stereocenters. The lowest BCUT2D eigenvalue weighted by Gasteiger charge is -2.32. The summed E-state index contributed by atoms with van der Waals surface area (Å²) in [7, 11) is 0. The average molecular weight is 404 g/mol. The van der Waals surface area contributed by atoms with Gasteiger partial charge in [0.15, 0.2) is 0 Å². The lowest BCUT2D eigenvalue weighted by molar-refractivity contribution is -0.185. The second-order valence-corrected chi connectivity index (χ2v) is 5.81. The Kier molecular flexibility index (Phi) is 8.01. The zero-order chi connectivity index (χ0) is 21.5. The van der Waals surface area contributed by atoms with Crippen molar-refractivity contribution in [2.45, 2.75) is 39.8 Å². The normalized spacial score (nSPS) is 12.8. The monoisotopic (exact) mass is 404 g/mol. The van der Waals surface area contributed by atoms with E-state index in [1.807, 2.05) is 0 Å². The van der Waals surface area contributed by atoms with Crippen molar-refractivity contribution in [3.8, 4) is 0 Å². The minimum absolute atomic E-state index is 0.126. The maximum atomic E-state index is 12.8. The Bertz CT molecular complexity index is 651. The third-order valence-electron chi connectivity index (χ3n) is 4.18. The third kappa shape index (κ3) is 4.63. The van der Waals surface area contributed by atoms with Gasteiger partial charge in [-0.1, -0.05) is 19.1 Å². The molecule has 0 aromatic heterocycles. The molecule has 1 rings (SSSR count). The molecule has 9 heteroatoms. The van der Waals surface area contributed by atoms with Crippen molar-refractivity contribution in [3.05, 3.63) is 35.4 Å². The Balaban J connectivity index is 3.56. The number of alkyl halides is 3. The van der Waals surface area contributed by atoms with Gasteiger partial charge in [0, 0.05) is 5.92 Å². The molecule has 156 valence electrons. The second kappa shape index (κ2) is 9.57. The van der Waals surface area contributed by atoms with Gasteiger partial charge in [-0.3, -0.25) is 14.4 Å². The predicted molar refractivity (Wildman–Crippen MR) is 92.2 cm³/mol. The van der Waals surface area contributed by atoms with E-state index >= 15 is 0 Å². The number of rotatable bonds is 8. The van der Waals surface area contributed by atoms with Gasteiger partial charge in [-0.2, -0.15) is 13.2 Å². The van der Waals surface area contributed by atoms with E-state index in [9.17, 15) is 27.6 Å². The van der Waals surface area contributed by atoms with Crippen LogP contribution >= 0.6 is 0 Å². The van der Waals surface area contributed by atoms with Crippen LogP contribution in [0.4, 0.5) is 13.2 Å². The van der Waals surface area contributed by atoms with Crippen molar-refractivity contribution in [1.29, 1.82) is 0 Å². The van der Waals surface area contributed by atoms with Gasteiger partial charge in [-0.05, 0) is 38.5 Å². The fourth-order valence-electron chi connectivity index (χ4n) is 2.73. The molecular formula is C19H23F3O6. The lowest BCUT2D eigenvalue weighted by Crippen LogP contribution is -2.53. The maximum absolute atomic E-state index is 12.8. The molecule has 0 fully saturated rings. The molecule has 1 aromatic rings. The fraction of sp³-hybridized carbons (Fsp3) is 0.526. The van der Waals surface area contributed by atoms with Crippen LogP contribution in [-0.2, 0) is 34.8 Å². The number of benzene rings is 1. The van der Waals surface area contributed by atoms with E-state index < -0.39 is 41.0 Å². The first-order valence-corrected chi connectivity index (χ1v) is 8.76. The molecule has 1 aromatic carbocycles. The highest BCUT2D eigenvalue weighted by Crippen LogP contribution is 2.41. The lowest BCUT2D eigenvalue weighted by atomic mass is 9.72. The predicted octanol–water partition coefficient (Wildman–Crippen LogP) is 3.48. The first-order valence-electron chi connectivity index (χ1n) is 8.76. The van der Waals surface area contributed by atoms with Gasteiger partial charge < -0.3 is 14.2 Å². The summed E-state index contributed by atoms with van der Waals surface area (Å²) in [6.45, 7) is 5.44. The molecule has 1 atom stereocenters. The minimum Gasteiger partial charge on any atom is -0.465 e. The van der Waals surface area contributed by atoms with Gasteiger partial charge in [-0.15, -0.1) is 0 Å². The summed E-state index contributed by atoms with van der Waals surface area (Å²) in [6.07, 6.45) is -4.55. The molecule has 0 spiro atoms. The van der Waals surface area contributed by atoms with Crippen LogP contribution in [-0.4, -0.2) is 37.7 Å². The smallest absolute Gasteiger partial charge is 0.416 e. The van der Waals surface area contributed by atoms with Crippen molar-refractivity contribution in [2.75, 3.05) is 19.8 Å².